The van der Waals surface area contributed by atoms with Crippen molar-refractivity contribution in [1.29, 1.82) is 0 Å². The zero-order valence-electron chi connectivity index (χ0n) is 12.3. The Morgan fingerprint density at radius 3 is 2.57 bits per heavy atom. The summed E-state index contributed by atoms with van der Waals surface area (Å²) in [6.07, 6.45) is 0.850. The van der Waals surface area contributed by atoms with Crippen molar-refractivity contribution in [2.45, 2.75) is 26.3 Å². The summed E-state index contributed by atoms with van der Waals surface area (Å²) < 4.78 is 5.43. The first kappa shape index (κ1) is 15.5. The standard InChI is InChI=1S/C17H20ClNO2/c1-3-15(13-7-5-6-8-16(13)20)19-12-9-10-17(21-4-2)14(18)11-12/h5-11,15,19-20H,3-4H2,1-2H3. The van der Waals surface area contributed by atoms with E-state index >= 15 is 0 Å². The number of phenolic OH excluding ortho intramolecular Hbond substituents is 1. The average molecular weight is 306 g/mol. The van der Waals surface area contributed by atoms with Gasteiger partial charge in [0.25, 0.3) is 0 Å². The first-order chi connectivity index (χ1) is 10.2. The van der Waals surface area contributed by atoms with Gasteiger partial charge < -0.3 is 15.2 Å². The molecule has 0 bridgehead atoms. The molecular formula is C17H20ClNO2. The third-order valence-corrected chi connectivity index (χ3v) is 3.59. The highest BCUT2D eigenvalue weighted by Crippen LogP contribution is 2.32. The number of phenols is 1. The highest BCUT2D eigenvalue weighted by Gasteiger charge is 2.13. The summed E-state index contributed by atoms with van der Waals surface area (Å²) in [5, 5.41) is 13.9. The van der Waals surface area contributed by atoms with Crippen molar-refractivity contribution in [3.05, 3.63) is 53.1 Å². The van der Waals surface area contributed by atoms with E-state index in [2.05, 4.69) is 12.2 Å². The molecule has 112 valence electrons. The Morgan fingerprint density at radius 2 is 1.95 bits per heavy atom. The predicted molar refractivity (Wildman–Crippen MR) is 87.4 cm³/mol. The lowest BCUT2D eigenvalue weighted by molar-refractivity contribution is 0.340. The van der Waals surface area contributed by atoms with Crippen LogP contribution in [0, 0.1) is 0 Å². The topological polar surface area (TPSA) is 41.5 Å². The minimum atomic E-state index is 0.0280. The van der Waals surface area contributed by atoms with Gasteiger partial charge in [-0.05, 0) is 37.6 Å². The van der Waals surface area contributed by atoms with Crippen LogP contribution in [-0.2, 0) is 0 Å². The molecule has 4 heteroatoms. The van der Waals surface area contributed by atoms with Crippen molar-refractivity contribution < 1.29 is 9.84 Å². The Hall–Kier alpha value is -1.87. The van der Waals surface area contributed by atoms with Crippen LogP contribution in [0.5, 0.6) is 11.5 Å². The fourth-order valence-electron chi connectivity index (χ4n) is 2.25. The van der Waals surface area contributed by atoms with Gasteiger partial charge in [-0.1, -0.05) is 36.7 Å². The van der Waals surface area contributed by atoms with E-state index in [9.17, 15) is 5.11 Å². The quantitative estimate of drug-likeness (QED) is 0.788. The number of para-hydroxylation sites is 1. The van der Waals surface area contributed by atoms with Crippen molar-refractivity contribution >= 4 is 17.3 Å². The van der Waals surface area contributed by atoms with Gasteiger partial charge in [-0.2, -0.15) is 0 Å². The highest BCUT2D eigenvalue weighted by molar-refractivity contribution is 6.32. The molecule has 2 N–H and O–H groups in total. The Balaban J connectivity index is 2.19. The summed E-state index contributed by atoms with van der Waals surface area (Å²) in [5.74, 6) is 0.981. The summed E-state index contributed by atoms with van der Waals surface area (Å²) >= 11 is 6.20. The molecule has 1 atom stereocenters. The van der Waals surface area contributed by atoms with E-state index in [0.29, 0.717) is 23.1 Å². The number of rotatable bonds is 6. The lowest BCUT2D eigenvalue weighted by Gasteiger charge is -2.20. The van der Waals surface area contributed by atoms with Crippen LogP contribution in [0.15, 0.2) is 42.5 Å². The smallest absolute Gasteiger partial charge is 0.138 e. The molecule has 2 rings (SSSR count). The Labute approximate surface area is 130 Å². The van der Waals surface area contributed by atoms with Crippen LogP contribution in [0.3, 0.4) is 0 Å². The first-order valence-electron chi connectivity index (χ1n) is 7.12. The molecule has 0 fully saturated rings. The summed E-state index contributed by atoms with van der Waals surface area (Å²) in [6, 6.07) is 13.0. The molecule has 2 aromatic carbocycles. The maximum atomic E-state index is 9.97. The molecule has 3 nitrogen and oxygen atoms in total. The second kappa shape index (κ2) is 7.23. The maximum Gasteiger partial charge on any atom is 0.138 e. The molecular weight excluding hydrogens is 286 g/mol. The number of anilines is 1. The van der Waals surface area contributed by atoms with Crippen LogP contribution >= 0.6 is 11.6 Å². The Morgan fingerprint density at radius 1 is 1.19 bits per heavy atom. The largest absolute Gasteiger partial charge is 0.508 e. The number of ether oxygens (including phenoxy) is 1. The number of halogens is 1. The molecule has 0 aliphatic rings. The lowest BCUT2D eigenvalue weighted by Crippen LogP contribution is -2.10. The molecule has 0 radical (unpaired) electrons. The minimum Gasteiger partial charge on any atom is -0.508 e. The van der Waals surface area contributed by atoms with Crippen molar-refractivity contribution in [2.24, 2.45) is 0 Å². The molecule has 2 aromatic rings. The normalized spacial score (nSPS) is 12.0. The van der Waals surface area contributed by atoms with Crippen molar-refractivity contribution in [3.63, 3.8) is 0 Å². The van der Waals surface area contributed by atoms with Gasteiger partial charge in [-0.15, -0.1) is 0 Å². The van der Waals surface area contributed by atoms with Crippen LogP contribution in [0.1, 0.15) is 31.9 Å². The molecule has 1 unspecified atom stereocenters. The SMILES string of the molecule is CCOc1ccc(NC(CC)c2ccccc2O)cc1Cl. The van der Waals surface area contributed by atoms with Gasteiger partial charge in [-0.3, -0.25) is 0 Å². The summed E-state index contributed by atoms with van der Waals surface area (Å²) in [4.78, 5) is 0. The van der Waals surface area contributed by atoms with Gasteiger partial charge in [0.05, 0.1) is 17.7 Å². The number of aromatic hydroxyl groups is 1. The van der Waals surface area contributed by atoms with E-state index in [1.807, 2.05) is 43.3 Å². The molecule has 0 aromatic heterocycles. The van der Waals surface area contributed by atoms with Crippen LogP contribution in [0.4, 0.5) is 5.69 Å². The third kappa shape index (κ3) is 3.82. The molecule has 0 saturated carbocycles. The predicted octanol–water partition coefficient (Wildman–Crippen LogP) is 5.01. The highest BCUT2D eigenvalue weighted by atomic mass is 35.5. The van der Waals surface area contributed by atoms with Gasteiger partial charge in [0, 0.05) is 11.3 Å². The van der Waals surface area contributed by atoms with Crippen molar-refractivity contribution in [3.8, 4) is 11.5 Å². The second-order valence-electron chi connectivity index (χ2n) is 4.74. The van der Waals surface area contributed by atoms with Gasteiger partial charge in [0.15, 0.2) is 0 Å². The molecule has 0 aliphatic heterocycles. The van der Waals surface area contributed by atoms with E-state index in [1.165, 1.54) is 0 Å². The number of hydrogen-bond donors (Lipinski definition) is 2. The number of nitrogens with one attached hydrogen (secondary N) is 1. The zero-order valence-corrected chi connectivity index (χ0v) is 13.0. The second-order valence-corrected chi connectivity index (χ2v) is 5.15. The van der Waals surface area contributed by atoms with Gasteiger partial charge in [0.2, 0.25) is 0 Å². The first-order valence-corrected chi connectivity index (χ1v) is 7.50. The molecule has 0 amide bonds. The fourth-order valence-corrected chi connectivity index (χ4v) is 2.48. The Bertz CT molecular complexity index is 601. The lowest BCUT2D eigenvalue weighted by atomic mass is 10.0. The average Bonchev–Trinajstić information content (AvgIpc) is 2.48. The number of hydrogen-bond acceptors (Lipinski definition) is 3. The maximum absolute atomic E-state index is 9.97. The molecule has 21 heavy (non-hydrogen) atoms. The summed E-state index contributed by atoms with van der Waals surface area (Å²) in [7, 11) is 0. The van der Waals surface area contributed by atoms with E-state index in [0.717, 1.165) is 17.7 Å². The fraction of sp³-hybridized carbons (Fsp3) is 0.294. The van der Waals surface area contributed by atoms with Crippen molar-refractivity contribution in [1.82, 2.24) is 0 Å². The van der Waals surface area contributed by atoms with Crippen LogP contribution in [0.2, 0.25) is 5.02 Å². The zero-order chi connectivity index (χ0) is 15.2. The van der Waals surface area contributed by atoms with Gasteiger partial charge in [0.1, 0.15) is 11.5 Å². The van der Waals surface area contributed by atoms with E-state index in [1.54, 1.807) is 6.07 Å². The van der Waals surface area contributed by atoms with Crippen LogP contribution < -0.4 is 10.1 Å². The molecule has 0 saturated heterocycles. The van der Waals surface area contributed by atoms with Crippen LogP contribution in [-0.4, -0.2) is 11.7 Å². The minimum absolute atomic E-state index is 0.0280. The molecule has 0 aliphatic carbocycles. The monoisotopic (exact) mass is 305 g/mol. The van der Waals surface area contributed by atoms with Gasteiger partial charge in [-0.25, -0.2) is 0 Å². The number of benzene rings is 2. The van der Waals surface area contributed by atoms with Crippen molar-refractivity contribution in [2.75, 3.05) is 11.9 Å². The molecule has 0 spiro atoms. The summed E-state index contributed by atoms with van der Waals surface area (Å²) in [5.41, 5.74) is 1.78. The summed E-state index contributed by atoms with van der Waals surface area (Å²) in [6.45, 7) is 4.58. The van der Waals surface area contributed by atoms with Gasteiger partial charge >= 0.3 is 0 Å². The van der Waals surface area contributed by atoms with E-state index in [4.69, 9.17) is 16.3 Å². The van der Waals surface area contributed by atoms with E-state index < -0.39 is 0 Å². The third-order valence-electron chi connectivity index (χ3n) is 3.29. The molecule has 0 heterocycles. The van der Waals surface area contributed by atoms with E-state index in [-0.39, 0.29) is 6.04 Å². The Kier molecular flexibility index (Phi) is 5.34. The van der Waals surface area contributed by atoms with Crippen LogP contribution in [0.25, 0.3) is 0 Å².